The van der Waals surface area contributed by atoms with Crippen molar-refractivity contribution >= 4 is 10.0 Å². The van der Waals surface area contributed by atoms with Crippen LogP contribution in [0.15, 0.2) is 53.4 Å². The van der Waals surface area contributed by atoms with Gasteiger partial charge in [0, 0.05) is 16.7 Å². The maximum Gasteiger partial charge on any atom is 0.238 e. The quantitative estimate of drug-likeness (QED) is 0.402. The lowest BCUT2D eigenvalue weighted by Crippen LogP contribution is -2.14. The molecule has 0 spiro atoms. The van der Waals surface area contributed by atoms with Gasteiger partial charge in [-0.2, -0.15) is 0 Å². The van der Waals surface area contributed by atoms with Gasteiger partial charge in [0.1, 0.15) is 0 Å². The Kier molecular flexibility index (Phi) is 4.79. The smallest absolute Gasteiger partial charge is 0.225 e. The molecule has 0 saturated carbocycles. The minimum atomic E-state index is -4.35. The molecule has 3 aromatic rings. The van der Waals surface area contributed by atoms with Crippen LogP contribution in [0, 0.1) is 30.2 Å². The van der Waals surface area contributed by atoms with E-state index in [0.717, 1.165) is 17.7 Å². The zero-order valence-corrected chi connectivity index (χ0v) is 14.7. The molecule has 3 aromatic carbocycles. The van der Waals surface area contributed by atoms with Crippen LogP contribution in [0.1, 0.15) is 5.56 Å². The van der Waals surface area contributed by atoms with Gasteiger partial charge < -0.3 is 0 Å². The fraction of sp³-hybridized carbons (Fsp3) is 0.0526. The first kappa shape index (κ1) is 19.1. The first-order chi connectivity index (χ1) is 12.6. The van der Waals surface area contributed by atoms with Crippen LogP contribution in [0.25, 0.3) is 22.3 Å². The van der Waals surface area contributed by atoms with Crippen molar-refractivity contribution in [1.29, 1.82) is 0 Å². The van der Waals surface area contributed by atoms with Crippen molar-refractivity contribution in [3.8, 4) is 22.3 Å². The van der Waals surface area contributed by atoms with Gasteiger partial charge in [-0.1, -0.05) is 48.0 Å². The normalized spacial score (nSPS) is 11.6. The van der Waals surface area contributed by atoms with E-state index in [1.807, 2.05) is 0 Å². The topological polar surface area (TPSA) is 60.2 Å². The van der Waals surface area contributed by atoms with Crippen LogP contribution in [0.2, 0.25) is 0 Å². The van der Waals surface area contributed by atoms with E-state index in [1.54, 1.807) is 19.1 Å². The molecule has 0 unspecified atom stereocenters. The summed E-state index contributed by atoms with van der Waals surface area (Å²) < 4.78 is 80.9. The summed E-state index contributed by atoms with van der Waals surface area (Å²) >= 11 is 0. The standard InChI is InChI=1S/C19H13F4NO2S/c1-10-6-8-11(9-7-10)14-15(17(21)19(23)18(22)16(14)20)12-4-2-3-5-13(12)27(24,25)26/h2-9H,1H3,(H2,24,25,26). The van der Waals surface area contributed by atoms with Crippen LogP contribution >= 0.6 is 0 Å². The number of aryl methyl sites for hydroxylation is 1. The molecular weight excluding hydrogens is 382 g/mol. The summed E-state index contributed by atoms with van der Waals surface area (Å²) in [5.74, 6) is -7.36. The zero-order chi connectivity index (χ0) is 19.9. The molecule has 27 heavy (non-hydrogen) atoms. The van der Waals surface area contributed by atoms with E-state index in [-0.39, 0.29) is 11.1 Å². The summed E-state index contributed by atoms with van der Waals surface area (Å²) in [5.41, 5.74) is -0.836. The third-order valence-corrected chi connectivity index (χ3v) is 5.04. The fourth-order valence-corrected chi connectivity index (χ4v) is 3.54. The molecule has 0 amide bonds. The Bertz CT molecular complexity index is 1140. The predicted octanol–water partition coefficient (Wildman–Crippen LogP) is 4.53. The number of hydrogen-bond donors (Lipinski definition) is 1. The Balaban J connectivity index is 2.50. The number of nitrogens with two attached hydrogens (primary N) is 1. The third kappa shape index (κ3) is 3.33. The Morgan fingerprint density at radius 3 is 1.81 bits per heavy atom. The minimum absolute atomic E-state index is 0.0510. The van der Waals surface area contributed by atoms with E-state index in [2.05, 4.69) is 0 Å². The van der Waals surface area contributed by atoms with E-state index < -0.39 is 49.3 Å². The van der Waals surface area contributed by atoms with E-state index in [4.69, 9.17) is 5.14 Å². The Labute approximate surface area is 153 Å². The highest BCUT2D eigenvalue weighted by atomic mass is 32.2. The molecule has 0 aliphatic rings. The monoisotopic (exact) mass is 395 g/mol. The van der Waals surface area contributed by atoms with E-state index in [9.17, 15) is 26.0 Å². The highest BCUT2D eigenvalue weighted by molar-refractivity contribution is 7.89. The lowest BCUT2D eigenvalue weighted by atomic mass is 9.92. The van der Waals surface area contributed by atoms with Crippen LogP contribution in [-0.2, 0) is 10.0 Å². The Morgan fingerprint density at radius 2 is 1.26 bits per heavy atom. The molecule has 3 rings (SSSR count). The molecular formula is C19H13F4NO2S. The van der Waals surface area contributed by atoms with Crippen molar-refractivity contribution in [2.45, 2.75) is 11.8 Å². The van der Waals surface area contributed by atoms with Crippen molar-refractivity contribution < 1.29 is 26.0 Å². The van der Waals surface area contributed by atoms with Gasteiger partial charge in [0.05, 0.1) is 4.90 Å². The zero-order valence-electron chi connectivity index (χ0n) is 13.9. The van der Waals surface area contributed by atoms with E-state index >= 15 is 0 Å². The van der Waals surface area contributed by atoms with E-state index in [0.29, 0.717) is 0 Å². The van der Waals surface area contributed by atoms with Crippen LogP contribution < -0.4 is 5.14 Å². The molecule has 2 N–H and O–H groups in total. The second-order valence-electron chi connectivity index (χ2n) is 5.91. The van der Waals surface area contributed by atoms with Crippen molar-refractivity contribution in [2.75, 3.05) is 0 Å². The number of rotatable bonds is 3. The van der Waals surface area contributed by atoms with Gasteiger partial charge in [0.2, 0.25) is 10.0 Å². The molecule has 0 atom stereocenters. The van der Waals surface area contributed by atoms with Gasteiger partial charge in [-0.3, -0.25) is 0 Å². The number of sulfonamides is 1. The van der Waals surface area contributed by atoms with Gasteiger partial charge in [-0.25, -0.2) is 31.1 Å². The van der Waals surface area contributed by atoms with Gasteiger partial charge in [0.15, 0.2) is 23.3 Å². The molecule has 0 aromatic heterocycles. The molecule has 140 valence electrons. The summed E-state index contributed by atoms with van der Waals surface area (Å²) in [7, 11) is -4.35. The summed E-state index contributed by atoms with van der Waals surface area (Å²) in [6.45, 7) is 1.75. The van der Waals surface area contributed by atoms with Gasteiger partial charge in [-0.05, 0) is 18.6 Å². The van der Waals surface area contributed by atoms with Gasteiger partial charge >= 0.3 is 0 Å². The largest absolute Gasteiger partial charge is 0.238 e. The highest BCUT2D eigenvalue weighted by Crippen LogP contribution is 2.41. The Morgan fingerprint density at radius 1 is 0.741 bits per heavy atom. The van der Waals surface area contributed by atoms with Crippen molar-refractivity contribution in [2.24, 2.45) is 5.14 Å². The van der Waals surface area contributed by atoms with Crippen molar-refractivity contribution in [3.63, 3.8) is 0 Å². The molecule has 0 aliphatic heterocycles. The molecule has 3 nitrogen and oxygen atoms in total. The van der Waals surface area contributed by atoms with Crippen molar-refractivity contribution in [3.05, 3.63) is 77.4 Å². The van der Waals surface area contributed by atoms with Gasteiger partial charge in [0.25, 0.3) is 0 Å². The molecule has 8 heteroatoms. The number of benzene rings is 3. The number of hydrogen-bond acceptors (Lipinski definition) is 2. The Hall–Kier alpha value is -2.71. The maximum atomic E-state index is 14.7. The summed E-state index contributed by atoms with van der Waals surface area (Å²) in [5, 5.41) is 5.15. The van der Waals surface area contributed by atoms with E-state index in [1.165, 1.54) is 24.3 Å². The molecule has 0 heterocycles. The lowest BCUT2D eigenvalue weighted by molar-refractivity contribution is 0.412. The SMILES string of the molecule is Cc1ccc(-c2c(F)c(F)c(F)c(F)c2-c2ccccc2S(N)(=O)=O)cc1. The molecule has 0 aliphatic carbocycles. The lowest BCUT2D eigenvalue weighted by Gasteiger charge is -2.16. The van der Waals surface area contributed by atoms with Crippen LogP contribution in [-0.4, -0.2) is 8.42 Å². The van der Waals surface area contributed by atoms with Crippen molar-refractivity contribution in [1.82, 2.24) is 0 Å². The fourth-order valence-electron chi connectivity index (χ4n) is 2.80. The summed E-state index contributed by atoms with van der Waals surface area (Å²) in [4.78, 5) is -0.539. The molecule has 0 saturated heterocycles. The summed E-state index contributed by atoms with van der Waals surface area (Å²) in [6, 6.07) is 10.8. The average molecular weight is 395 g/mol. The predicted molar refractivity (Wildman–Crippen MR) is 93.3 cm³/mol. The van der Waals surface area contributed by atoms with Crippen LogP contribution in [0.5, 0.6) is 0 Å². The van der Waals surface area contributed by atoms with Crippen LogP contribution in [0.4, 0.5) is 17.6 Å². The average Bonchev–Trinajstić information content (AvgIpc) is 2.63. The minimum Gasteiger partial charge on any atom is -0.225 e. The molecule has 0 radical (unpaired) electrons. The summed E-state index contributed by atoms with van der Waals surface area (Å²) in [6.07, 6.45) is 0. The number of halogens is 4. The molecule has 0 fully saturated rings. The molecule has 0 bridgehead atoms. The van der Waals surface area contributed by atoms with Gasteiger partial charge in [-0.15, -0.1) is 0 Å². The first-order valence-electron chi connectivity index (χ1n) is 7.68. The highest BCUT2D eigenvalue weighted by Gasteiger charge is 2.29. The maximum absolute atomic E-state index is 14.7. The first-order valence-corrected chi connectivity index (χ1v) is 9.22. The van der Waals surface area contributed by atoms with Crippen LogP contribution in [0.3, 0.4) is 0 Å². The third-order valence-electron chi connectivity index (χ3n) is 4.07. The second-order valence-corrected chi connectivity index (χ2v) is 7.44. The second kappa shape index (κ2) is 6.79. The number of primary sulfonamides is 1.